The summed E-state index contributed by atoms with van der Waals surface area (Å²) in [6, 6.07) is 13.6. The van der Waals surface area contributed by atoms with Gasteiger partial charge in [0.05, 0.1) is 19.9 Å². The van der Waals surface area contributed by atoms with Crippen LogP contribution in [0.4, 0.5) is 5.69 Å². The van der Waals surface area contributed by atoms with E-state index >= 15 is 0 Å². The number of hydrogen-bond acceptors (Lipinski definition) is 4. The van der Waals surface area contributed by atoms with Crippen molar-refractivity contribution in [3.63, 3.8) is 0 Å². The van der Waals surface area contributed by atoms with E-state index in [1.807, 2.05) is 36.4 Å². The van der Waals surface area contributed by atoms with Crippen LogP contribution in [0.15, 0.2) is 47.5 Å². The molecule has 2 aromatic carbocycles. The smallest absolute Gasteiger partial charge is 0.193 e. The summed E-state index contributed by atoms with van der Waals surface area (Å²) in [5.74, 6) is 2.34. The molecule has 1 aliphatic heterocycles. The van der Waals surface area contributed by atoms with Crippen molar-refractivity contribution in [1.82, 2.24) is 4.90 Å². The Morgan fingerprint density at radius 2 is 1.90 bits per heavy atom. The fourth-order valence-corrected chi connectivity index (χ4v) is 3.71. The second-order valence-electron chi connectivity index (χ2n) is 7.23. The molecule has 0 saturated carbocycles. The van der Waals surface area contributed by atoms with E-state index in [1.54, 1.807) is 14.2 Å². The molecule has 6 nitrogen and oxygen atoms in total. The van der Waals surface area contributed by atoms with Crippen LogP contribution in [-0.2, 0) is 6.54 Å². The minimum atomic E-state index is 0. The van der Waals surface area contributed by atoms with E-state index in [0.717, 1.165) is 48.9 Å². The summed E-state index contributed by atoms with van der Waals surface area (Å²) in [6.07, 6.45) is 2.20. The number of guanidine groups is 1. The summed E-state index contributed by atoms with van der Waals surface area (Å²) in [6.45, 7) is 3.70. The maximum Gasteiger partial charge on any atom is 0.193 e. The van der Waals surface area contributed by atoms with E-state index in [-0.39, 0.29) is 24.0 Å². The number of hydrogen-bond donors (Lipinski definition) is 2. The van der Waals surface area contributed by atoms with E-state index < -0.39 is 0 Å². The average molecular weight is 545 g/mol. The highest BCUT2D eigenvalue weighted by Crippen LogP contribution is 2.28. The third-order valence-corrected chi connectivity index (χ3v) is 5.62. The first-order valence-electron chi connectivity index (χ1n) is 9.83. The molecule has 0 radical (unpaired) electrons. The quantitative estimate of drug-likeness (QED) is 0.303. The summed E-state index contributed by atoms with van der Waals surface area (Å²) in [7, 11) is 3.25. The van der Waals surface area contributed by atoms with Gasteiger partial charge < -0.3 is 20.5 Å². The van der Waals surface area contributed by atoms with Gasteiger partial charge in [-0.3, -0.25) is 9.89 Å². The van der Waals surface area contributed by atoms with Crippen molar-refractivity contribution in [2.45, 2.75) is 19.4 Å². The van der Waals surface area contributed by atoms with Crippen LogP contribution in [0.25, 0.3) is 0 Å². The molecule has 0 aliphatic carbocycles. The highest BCUT2D eigenvalue weighted by molar-refractivity contribution is 14.0. The monoisotopic (exact) mass is 544 g/mol. The number of anilines is 1. The van der Waals surface area contributed by atoms with Crippen molar-refractivity contribution >= 4 is 47.2 Å². The SMILES string of the molecule is COc1ccc(OC)c(NC(N)=NCC2CCN(Cc3ccccc3Cl)CC2)c1.I. The van der Waals surface area contributed by atoms with Crippen molar-refractivity contribution in [1.29, 1.82) is 0 Å². The Kier molecular flexibility index (Phi) is 10.0. The van der Waals surface area contributed by atoms with Crippen molar-refractivity contribution in [3.05, 3.63) is 53.1 Å². The second kappa shape index (κ2) is 12.2. The zero-order valence-corrected chi connectivity index (χ0v) is 20.5. The topological polar surface area (TPSA) is 72.1 Å². The Balaban J connectivity index is 0.00000320. The van der Waals surface area contributed by atoms with Crippen LogP contribution >= 0.6 is 35.6 Å². The highest BCUT2D eigenvalue weighted by atomic mass is 127. The predicted octanol–water partition coefficient (Wildman–Crippen LogP) is 4.61. The van der Waals surface area contributed by atoms with Gasteiger partial charge in [-0.15, -0.1) is 24.0 Å². The summed E-state index contributed by atoms with van der Waals surface area (Å²) in [5.41, 5.74) is 8.03. The molecule has 0 bridgehead atoms. The molecule has 2 aromatic rings. The zero-order chi connectivity index (χ0) is 20.6. The number of nitrogens with two attached hydrogens (primary N) is 1. The zero-order valence-electron chi connectivity index (χ0n) is 17.4. The van der Waals surface area contributed by atoms with Gasteiger partial charge in [-0.2, -0.15) is 0 Å². The third kappa shape index (κ3) is 6.92. The first kappa shape index (κ1) is 24.6. The number of nitrogens with zero attached hydrogens (tertiary/aromatic N) is 2. The summed E-state index contributed by atoms with van der Waals surface area (Å²) in [5, 5.41) is 3.96. The normalized spacial score (nSPS) is 15.4. The number of aliphatic imine (C=N–C) groups is 1. The molecular formula is C22H30ClIN4O2. The number of nitrogens with one attached hydrogen (secondary N) is 1. The number of ether oxygens (including phenoxy) is 2. The van der Waals surface area contributed by atoms with Crippen LogP contribution in [0.2, 0.25) is 5.02 Å². The van der Waals surface area contributed by atoms with Crippen LogP contribution in [0.1, 0.15) is 18.4 Å². The summed E-state index contributed by atoms with van der Waals surface area (Å²) in [4.78, 5) is 6.99. The minimum Gasteiger partial charge on any atom is -0.497 e. The number of halogens is 2. The fraction of sp³-hybridized carbons (Fsp3) is 0.409. The van der Waals surface area contributed by atoms with Gasteiger partial charge in [-0.1, -0.05) is 29.8 Å². The largest absolute Gasteiger partial charge is 0.497 e. The number of rotatable bonds is 7. The van der Waals surface area contributed by atoms with Gasteiger partial charge >= 0.3 is 0 Å². The molecule has 1 fully saturated rings. The summed E-state index contributed by atoms with van der Waals surface area (Å²) >= 11 is 6.28. The van der Waals surface area contributed by atoms with Crippen molar-refractivity contribution in [3.8, 4) is 11.5 Å². The third-order valence-electron chi connectivity index (χ3n) is 5.25. The maximum atomic E-state index is 6.28. The molecule has 0 aromatic heterocycles. The Morgan fingerprint density at radius 3 is 2.57 bits per heavy atom. The van der Waals surface area contributed by atoms with E-state index in [2.05, 4.69) is 21.3 Å². The molecule has 1 aliphatic rings. The lowest BCUT2D eigenvalue weighted by molar-refractivity contribution is 0.180. The molecule has 0 spiro atoms. The van der Waals surface area contributed by atoms with E-state index in [1.165, 1.54) is 5.56 Å². The van der Waals surface area contributed by atoms with Gasteiger partial charge in [0.2, 0.25) is 0 Å². The lowest BCUT2D eigenvalue weighted by Gasteiger charge is -2.31. The van der Waals surface area contributed by atoms with Gasteiger partial charge in [0, 0.05) is 24.2 Å². The summed E-state index contributed by atoms with van der Waals surface area (Å²) < 4.78 is 10.6. The Hall–Kier alpha value is -1.71. The van der Waals surface area contributed by atoms with Crippen molar-refractivity contribution < 1.29 is 9.47 Å². The van der Waals surface area contributed by atoms with E-state index in [9.17, 15) is 0 Å². The maximum absolute atomic E-state index is 6.28. The number of likely N-dealkylation sites (tertiary alicyclic amines) is 1. The lowest BCUT2D eigenvalue weighted by Crippen LogP contribution is -2.34. The highest BCUT2D eigenvalue weighted by Gasteiger charge is 2.19. The minimum absolute atomic E-state index is 0. The molecule has 1 saturated heterocycles. The molecular weight excluding hydrogens is 515 g/mol. The first-order valence-corrected chi connectivity index (χ1v) is 10.2. The van der Waals surface area contributed by atoms with Crippen molar-refractivity contribution in [2.75, 3.05) is 39.2 Å². The van der Waals surface area contributed by atoms with Crippen LogP contribution in [0, 0.1) is 5.92 Å². The van der Waals surface area contributed by atoms with E-state index in [4.69, 9.17) is 26.8 Å². The Bertz CT molecular complexity index is 842. The fourth-order valence-electron chi connectivity index (χ4n) is 3.51. The van der Waals surface area contributed by atoms with Crippen LogP contribution in [-0.4, -0.2) is 44.7 Å². The number of piperidine rings is 1. The molecule has 1 heterocycles. The predicted molar refractivity (Wildman–Crippen MR) is 135 cm³/mol. The van der Waals surface area contributed by atoms with Gasteiger partial charge in [-0.25, -0.2) is 0 Å². The number of methoxy groups -OCH3 is 2. The van der Waals surface area contributed by atoms with Crippen molar-refractivity contribution in [2.24, 2.45) is 16.6 Å². The molecule has 30 heavy (non-hydrogen) atoms. The Labute approximate surface area is 200 Å². The molecule has 8 heteroatoms. The lowest BCUT2D eigenvalue weighted by atomic mass is 9.96. The van der Waals surface area contributed by atoms with Gasteiger partial charge in [0.15, 0.2) is 5.96 Å². The molecule has 0 amide bonds. The first-order chi connectivity index (χ1) is 14.1. The van der Waals surface area contributed by atoms with Gasteiger partial charge in [0.1, 0.15) is 11.5 Å². The van der Waals surface area contributed by atoms with Crippen LogP contribution in [0.3, 0.4) is 0 Å². The average Bonchev–Trinajstić information content (AvgIpc) is 2.75. The molecule has 3 N–H and O–H groups in total. The second-order valence-corrected chi connectivity index (χ2v) is 7.64. The van der Waals surface area contributed by atoms with Gasteiger partial charge in [0.25, 0.3) is 0 Å². The Morgan fingerprint density at radius 1 is 1.17 bits per heavy atom. The molecule has 164 valence electrons. The standard InChI is InChI=1S/C22H29ClN4O2.HI/c1-28-18-7-8-21(29-2)20(13-18)26-22(24)25-14-16-9-11-27(12-10-16)15-17-5-3-4-6-19(17)23;/h3-8,13,16H,9-12,14-15H2,1-2H3,(H3,24,25,26);1H. The van der Waals surface area contributed by atoms with Crippen LogP contribution < -0.4 is 20.5 Å². The van der Waals surface area contributed by atoms with E-state index in [0.29, 0.717) is 24.2 Å². The molecule has 0 unspecified atom stereocenters. The van der Waals surface area contributed by atoms with Gasteiger partial charge in [-0.05, 0) is 55.6 Å². The van der Waals surface area contributed by atoms with Crippen LogP contribution in [0.5, 0.6) is 11.5 Å². The molecule has 0 atom stereocenters. The number of benzene rings is 2. The molecule has 3 rings (SSSR count).